The number of carbonyl (C=O) groups excluding carboxylic acids is 2. The summed E-state index contributed by atoms with van der Waals surface area (Å²) in [4.78, 5) is 21.9. The Hall–Kier alpha value is -2.12. The Morgan fingerprint density at radius 1 is 1.39 bits per heavy atom. The standard InChI is InChI=1S/C10H8F4N2O2/c11-8-2-1-6(3-7(8)10(12,13)14)16(5-17)4-9(15)18/h1-3,5H,4H2,(H2,15,18). The van der Waals surface area contributed by atoms with Gasteiger partial charge in [0.15, 0.2) is 0 Å². The van der Waals surface area contributed by atoms with Gasteiger partial charge in [0.05, 0.1) is 5.56 Å². The van der Waals surface area contributed by atoms with Crippen LogP contribution in [0, 0.1) is 5.82 Å². The second-order valence-electron chi connectivity index (χ2n) is 3.36. The van der Waals surface area contributed by atoms with Gasteiger partial charge < -0.3 is 10.6 Å². The minimum absolute atomic E-state index is 0.137. The lowest BCUT2D eigenvalue weighted by atomic mass is 10.1. The van der Waals surface area contributed by atoms with Gasteiger partial charge in [-0.2, -0.15) is 13.2 Å². The maximum atomic E-state index is 13.0. The molecule has 0 radical (unpaired) electrons. The van der Waals surface area contributed by atoms with Gasteiger partial charge in [-0.1, -0.05) is 0 Å². The van der Waals surface area contributed by atoms with Gasteiger partial charge in [0.25, 0.3) is 0 Å². The summed E-state index contributed by atoms with van der Waals surface area (Å²) >= 11 is 0. The fourth-order valence-electron chi connectivity index (χ4n) is 1.27. The van der Waals surface area contributed by atoms with Gasteiger partial charge in [-0.15, -0.1) is 0 Å². The van der Waals surface area contributed by atoms with Crippen LogP contribution in [0.1, 0.15) is 5.56 Å². The van der Waals surface area contributed by atoms with Crippen LogP contribution in [-0.4, -0.2) is 18.9 Å². The largest absolute Gasteiger partial charge is 0.419 e. The molecule has 0 saturated carbocycles. The fraction of sp³-hybridized carbons (Fsp3) is 0.200. The number of benzene rings is 1. The SMILES string of the molecule is NC(=O)CN(C=O)c1ccc(F)c(C(F)(F)F)c1. The molecule has 0 atom stereocenters. The van der Waals surface area contributed by atoms with Crippen molar-refractivity contribution in [2.24, 2.45) is 5.73 Å². The Kier molecular flexibility index (Phi) is 3.89. The van der Waals surface area contributed by atoms with Crippen molar-refractivity contribution in [1.82, 2.24) is 0 Å². The Morgan fingerprint density at radius 3 is 2.44 bits per heavy atom. The third kappa shape index (κ3) is 3.19. The number of nitrogens with zero attached hydrogens (tertiary/aromatic N) is 1. The summed E-state index contributed by atoms with van der Waals surface area (Å²) in [5.74, 6) is -2.36. The van der Waals surface area contributed by atoms with E-state index in [1.54, 1.807) is 0 Å². The fourth-order valence-corrected chi connectivity index (χ4v) is 1.27. The molecular weight excluding hydrogens is 256 g/mol. The molecule has 4 nitrogen and oxygen atoms in total. The van der Waals surface area contributed by atoms with Gasteiger partial charge >= 0.3 is 6.18 Å². The Balaban J connectivity index is 3.18. The monoisotopic (exact) mass is 264 g/mol. The van der Waals surface area contributed by atoms with Crippen LogP contribution >= 0.6 is 0 Å². The molecule has 1 aromatic rings. The van der Waals surface area contributed by atoms with E-state index in [4.69, 9.17) is 5.73 Å². The van der Waals surface area contributed by atoms with Crippen molar-refractivity contribution in [2.45, 2.75) is 6.18 Å². The van der Waals surface area contributed by atoms with E-state index >= 15 is 0 Å². The summed E-state index contributed by atoms with van der Waals surface area (Å²) in [6.45, 7) is -0.591. The maximum absolute atomic E-state index is 13.0. The number of alkyl halides is 3. The lowest BCUT2D eigenvalue weighted by Crippen LogP contribution is -2.32. The molecule has 0 heterocycles. The summed E-state index contributed by atoms with van der Waals surface area (Å²) in [6, 6.07) is 1.95. The minimum Gasteiger partial charge on any atom is -0.368 e. The average molecular weight is 264 g/mol. The normalized spacial score (nSPS) is 11.1. The zero-order valence-electron chi connectivity index (χ0n) is 8.87. The number of amides is 2. The second kappa shape index (κ2) is 5.03. The van der Waals surface area contributed by atoms with Crippen molar-refractivity contribution in [3.8, 4) is 0 Å². The summed E-state index contributed by atoms with van der Waals surface area (Å²) in [5, 5.41) is 0. The molecule has 0 aliphatic carbocycles. The molecule has 0 fully saturated rings. The zero-order valence-corrected chi connectivity index (χ0v) is 8.87. The van der Waals surface area contributed by atoms with Crippen LogP contribution in [-0.2, 0) is 15.8 Å². The van der Waals surface area contributed by atoms with Crippen molar-refractivity contribution in [2.75, 3.05) is 11.4 Å². The average Bonchev–Trinajstić information content (AvgIpc) is 2.25. The van der Waals surface area contributed by atoms with E-state index in [1.807, 2.05) is 0 Å². The summed E-state index contributed by atoms with van der Waals surface area (Å²) in [6.07, 6.45) is -4.75. The van der Waals surface area contributed by atoms with Crippen LogP contribution < -0.4 is 10.6 Å². The van der Waals surface area contributed by atoms with Gasteiger partial charge in [-0.25, -0.2) is 4.39 Å². The van der Waals surface area contributed by atoms with Crippen LogP contribution in [0.2, 0.25) is 0 Å². The number of anilines is 1. The topological polar surface area (TPSA) is 63.4 Å². The van der Waals surface area contributed by atoms with Crippen LogP contribution in [0.15, 0.2) is 18.2 Å². The highest BCUT2D eigenvalue weighted by Gasteiger charge is 2.34. The third-order valence-corrected chi connectivity index (χ3v) is 2.04. The lowest BCUT2D eigenvalue weighted by molar-refractivity contribution is -0.140. The van der Waals surface area contributed by atoms with Crippen molar-refractivity contribution in [1.29, 1.82) is 0 Å². The van der Waals surface area contributed by atoms with E-state index in [1.165, 1.54) is 0 Å². The highest BCUT2D eigenvalue weighted by Crippen LogP contribution is 2.33. The number of primary amides is 1. The minimum atomic E-state index is -4.89. The molecule has 18 heavy (non-hydrogen) atoms. The summed E-state index contributed by atoms with van der Waals surface area (Å²) < 4.78 is 50.2. The van der Waals surface area contributed by atoms with Crippen molar-refractivity contribution in [3.63, 3.8) is 0 Å². The van der Waals surface area contributed by atoms with E-state index in [2.05, 4.69) is 0 Å². The summed E-state index contributed by atoms with van der Waals surface area (Å²) in [5.41, 5.74) is 3.04. The number of hydrogen-bond acceptors (Lipinski definition) is 2. The Morgan fingerprint density at radius 2 is 2.00 bits per heavy atom. The van der Waals surface area contributed by atoms with Crippen molar-refractivity contribution >= 4 is 18.0 Å². The van der Waals surface area contributed by atoms with Crippen LogP contribution in [0.4, 0.5) is 23.2 Å². The molecule has 0 unspecified atom stereocenters. The molecule has 0 aliphatic rings. The zero-order chi connectivity index (χ0) is 13.9. The predicted octanol–water partition coefficient (Wildman–Crippen LogP) is 1.29. The molecule has 2 amide bonds. The number of halogens is 4. The van der Waals surface area contributed by atoms with Gasteiger partial charge in [-0.3, -0.25) is 9.59 Å². The molecule has 0 spiro atoms. The molecule has 98 valence electrons. The molecule has 1 rings (SSSR count). The third-order valence-electron chi connectivity index (χ3n) is 2.04. The van der Waals surface area contributed by atoms with Gasteiger partial charge in [0.2, 0.25) is 12.3 Å². The first kappa shape index (κ1) is 13.9. The van der Waals surface area contributed by atoms with E-state index in [-0.39, 0.29) is 12.1 Å². The molecule has 8 heteroatoms. The van der Waals surface area contributed by atoms with E-state index in [0.717, 1.165) is 6.07 Å². The van der Waals surface area contributed by atoms with Gasteiger partial charge in [0, 0.05) is 5.69 Å². The smallest absolute Gasteiger partial charge is 0.368 e. The quantitative estimate of drug-likeness (QED) is 0.658. The first-order chi connectivity index (χ1) is 8.25. The molecule has 0 saturated heterocycles. The van der Waals surface area contributed by atoms with E-state index in [0.29, 0.717) is 17.0 Å². The molecule has 2 N–H and O–H groups in total. The molecule has 0 aromatic heterocycles. The first-order valence-corrected chi connectivity index (χ1v) is 4.62. The Labute approximate surface area is 99.0 Å². The van der Waals surface area contributed by atoms with Crippen LogP contribution in [0.5, 0.6) is 0 Å². The lowest BCUT2D eigenvalue weighted by Gasteiger charge is -2.17. The Bertz CT molecular complexity index is 473. The molecule has 0 aliphatic heterocycles. The predicted molar refractivity (Wildman–Crippen MR) is 54.0 cm³/mol. The summed E-state index contributed by atoms with van der Waals surface area (Å²) in [7, 11) is 0. The van der Waals surface area contributed by atoms with E-state index < -0.39 is 30.0 Å². The van der Waals surface area contributed by atoms with Gasteiger partial charge in [-0.05, 0) is 18.2 Å². The van der Waals surface area contributed by atoms with Gasteiger partial charge in [0.1, 0.15) is 12.4 Å². The molecule has 1 aromatic carbocycles. The highest BCUT2D eigenvalue weighted by atomic mass is 19.4. The van der Waals surface area contributed by atoms with E-state index in [9.17, 15) is 27.2 Å². The van der Waals surface area contributed by atoms with Crippen molar-refractivity contribution in [3.05, 3.63) is 29.6 Å². The maximum Gasteiger partial charge on any atom is 0.419 e. The highest BCUT2D eigenvalue weighted by molar-refractivity contribution is 5.87. The molecular formula is C10H8F4N2O2. The van der Waals surface area contributed by atoms with Crippen LogP contribution in [0.25, 0.3) is 0 Å². The first-order valence-electron chi connectivity index (χ1n) is 4.62. The van der Waals surface area contributed by atoms with Crippen molar-refractivity contribution < 1.29 is 27.2 Å². The second-order valence-corrected chi connectivity index (χ2v) is 3.36. The number of hydrogen-bond donors (Lipinski definition) is 1. The number of rotatable bonds is 4. The number of carbonyl (C=O) groups is 2. The van der Waals surface area contributed by atoms with Crippen LogP contribution in [0.3, 0.4) is 0 Å². The number of nitrogens with two attached hydrogens (primary N) is 1. The molecule has 0 bridgehead atoms.